The second-order valence-corrected chi connectivity index (χ2v) is 6.68. The highest BCUT2D eigenvalue weighted by atomic mass is 79.9. The first-order chi connectivity index (χ1) is 8.37. The van der Waals surface area contributed by atoms with Gasteiger partial charge in [-0.2, -0.15) is 0 Å². The van der Waals surface area contributed by atoms with E-state index < -0.39 is 0 Å². The normalized spacial score (nSPS) is 13.4. The highest BCUT2D eigenvalue weighted by Crippen LogP contribution is 2.35. The Kier molecular flexibility index (Phi) is 5.67. The van der Waals surface area contributed by atoms with E-state index in [1.807, 2.05) is 12.1 Å². The van der Waals surface area contributed by atoms with Gasteiger partial charge in [-0.15, -0.1) is 0 Å². The lowest BCUT2D eigenvalue weighted by atomic mass is 9.85. The first kappa shape index (κ1) is 15.5. The predicted molar refractivity (Wildman–Crippen MR) is 81.2 cm³/mol. The summed E-state index contributed by atoms with van der Waals surface area (Å²) in [6, 6.07) is 6.51. The second-order valence-electron chi connectivity index (χ2n) is 5.76. The van der Waals surface area contributed by atoms with Gasteiger partial charge in [0.25, 0.3) is 0 Å². The fraction of sp³-hybridized carbons (Fsp3) is 0.600. The van der Waals surface area contributed by atoms with E-state index in [1.165, 1.54) is 5.56 Å². The number of halogens is 1. The fourth-order valence-corrected chi connectivity index (χ4v) is 2.51. The minimum atomic E-state index is 0.278. The maximum absolute atomic E-state index is 5.48. The monoisotopic (exact) mass is 313 g/mol. The van der Waals surface area contributed by atoms with Crippen LogP contribution < -0.4 is 10.1 Å². The lowest BCUT2D eigenvalue weighted by molar-refractivity contribution is 0.307. The molecule has 0 radical (unpaired) electrons. The first-order valence-corrected chi connectivity index (χ1v) is 7.23. The van der Waals surface area contributed by atoms with Crippen molar-refractivity contribution >= 4 is 15.9 Å². The van der Waals surface area contributed by atoms with E-state index in [2.05, 4.69) is 55.0 Å². The van der Waals surface area contributed by atoms with Gasteiger partial charge < -0.3 is 10.1 Å². The number of hydrogen-bond donors (Lipinski definition) is 1. The van der Waals surface area contributed by atoms with E-state index in [0.29, 0.717) is 6.04 Å². The molecule has 0 aliphatic heterocycles. The zero-order valence-corrected chi connectivity index (χ0v) is 13.6. The average Bonchev–Trinajstić information content (AvgIpc) is 2.26. The molecule has 3 heteroatoms. The second kappa shape index (κ2) is 6.58. The lowest BCUT2D eigenvalue weighted by Crippen LogP contribution is -2.26. The molecule has 18 heavy (non-hydrogen) atoms. The van der Waals surface area contributed by atoms with E-state index >= 15 is 0 Å². The number of ether oxygens (including phenoxy) is 1. The third kappa shape index (κ3) is 4.62. The van der Waals surface area contributed by atoms with Gasteiger partial charge in [-0.25, -0.2) is 0 Å². The van der Waals surface area contributed by atoms with Crippen LogP contribution in [-0.4, -0.2) is 13.7 Å². The van der Waals surface area contributed by atoms with Gasteiger partial charge in [0.05, 0.1) is 7.11 Å². The van der Waals surface area contributed by atoms with E-state index in [4.69, 9.17) is 4.74 Å². The van der Waals surface area contributed by atoms with E-state index in [0.717, 1.165) is 23.2 Å². The Morgan fingerprint density at radius 2 is 2.00 bits per heavy atom. The van der Waals surface area contributed by atoms with Crippen molar-refractivity contribution in [1.82, 2.24) is 5.32 Å². The third-order valence-electron chi connectivity index (χ3n) is 2.83. The van der Waals surface area contributed by atoms with Crippen LogP contribution in [0.5, 0.6) is 5.75 Å². The van der Waals surface area contributed by atoms with E-state index in [-0.39, 0.29) is 5.41 Å². The smallest absolute Gasteiger partial charge is 0.123 e. The molecule has 0 heterocycles. The molecule has 0 aliphatic carbocycles. The van der Waals surface area contributed by atoms with Crippen LogP contribution in [-0.2, 0) is 0 Å². The zero-order chi connectivity index (χ0) is 13.8. The van der Waals surface area contributed by atoms with Crippen molar-refractivity contribution in [2.45, 2.75) is 40.2 Å². The maximum Gasteiger partial charge on any atom is 0.123 e. The van der Waals surface area contributed by atoms with Crippen LogP contribution in [0.2, 0.25) is 0 Å². The number of nitrogens with one attached hydrogen (secondary N) is 1. The van der Waals surface area contributed by atoms with Crippen LogP contribution in [0.3, 0.4) is 0 Å². The van der Waals surface area contributed by atoms with Crippen molar-refractivity contribution in [2.75, 3.05) is 13.7 Å². The number of benzene rings is 1. The van der Waals surface area contributed by atoms with Gasteiger partial charge in [0.15, 0.2) is 0 Å². The molecule has 0 amide bonds. The van der Waals surface area contributed by atoms with E-state index in [9.17, 15) is 0 Å². The lowest BCUT2D eigenvalue weighted by Gasteiger charge is -2.28. The summed E-state index contributed by atoms with van der Waals surface area (Å²) in [5.41, 5.74) is 1.50. The molecule has 1 aromatic carbocycles. The molecular formula is C15H24BrNO. The van der Waals surface area contributed by atoms with Gasteiger partial charge >= 0.3 is 0 Å². The van der Waals surface area contributed by atoms with Gasteiger partial charge in [-0.05, 0) is 36.6 Å². The molecule has 1 unspecified atom stereocenters. The number of hydrogen-bond acceptors (Lipinski definition) is 2. The van der Waals surface area contributed by atoms with Crippen molar-refractivity contribution in [2.24, 2.45) is 5.41 Å². The van der Waals surface area contributed by atoms with Crippen molar-refractivity contribution in [1.29, 1.82) is 0 Å². The van der Waals surface area contributed by atoms with Gasteiger partial charge in [0.1, 0.15) is 5.75 Å². The Morgan fingerprint density at radius 3 is 2.50 bits per heavy atom. The Bertz CT molecular complexity index is 385. The first-order valence-electron chi connectivity index (χ1n) is 6.44. The zero-order valence-electron chi connectivity index (χ0n) is 12.0. The summed E-state index contributed by atoms with van der Waals surface area (Å²) in [5, 5.41) is 3.56. The number of methoxy groups -OCH3 is 1. The molecule has 0 bridgehead atoms. The van der Waals surface area contributed by atoms with Crippen LogP contribution in [0, 0.1) is 5.41 Å². The van der Waals surface area contributed by atoms with Gasteiger partial charge in [-0.1, -0.05) is 43.6 Å². The molecule has 1 rings (SSSR count). The van der Waals surface area contributed by atoms with Crippen molar-refractivity contribution in [3.05, 3.63) is 28.2 Å². The average molecular weight is 314 g/mol. The largest absolute Gasteiger partial charge is 0.496 e. The Morgan fingerprint density at radius 1 is 1.33 bits per heavy atom. The molecule has 1 aromatic rings. The Labute approximate surface area is 119 Å². The minimum Gasteiger partial charge on any atom is -0.496 e. The molecular weight excluding hydrogens is 290 g/mol. The van der Waals surface area contributed by atoms with Crippen molar-refractivity contribution in [3.63, 3.8) is 0 Å². The van der Waals surface area contributed by atoms with Crippen molar-refractivity contribution in [3.8, 4) is 5.75 Å². The van der Waals surface area contributed by atoms with Gasteiger partial charge in [0.2, 0.25) is 0 Å². The van der Waals surface area contributed by atoms with Crippen LogP contribution in [0.15, 0.2) is 22.7 Å². The quantitative estimate of drug-likeness (QED) is 0.861. The molecule has 1 atom stereocenters. The van der Waals surface area contributed by atoms with E-state index in [1.54, 1.807) is 7.11 Å². The van der Waals surface area contributed by atoms with Crippen molar-refractivity contribution < 1.29 is 4.74 Å². The summed E-state index contributed by atoms with van der Waals surface area (Å²) in [6.07, 6.45) is 1.08. The molecule has 0 aromatic heterocycles. The van der Waals surface area contributed by atoms with Crippen LogP contribution in [0.1, 0.15) is 45.7 Å². The summed E-state index contributed by atoms with van der Waals surface area (Å²) >= 11 is 3.54. The molecule has 2 nitrogen and oxygen atoms in total. The highest BCUT2D eigenvalue weighted by molar-refractivity contribution is 9.10. The molecule has 0 saturated heterocycles. The Balaban J connectivity index is 3.07. The van der Waals surface area contributed by atoms with Crippen LogP contribution in [0.25, 0.3) is 0 Å². The summed E-state index contributed by atoms with van der Waals surface area (Å²) in [4.78, 5) is 0. The molecule has 0 saturated carbocycles. The van der Waals surface area contributed by atoms with Crippen LogP contribution in [0.4, 0.5) is 0 Å². The molecule has 0 fully saturated rings. The Hall–Kier alpha value is -0.540. The minimum absolute atomic E-state index is 0.278. The summed E-state index contributed by atoms with van der Waals surface area (Å²) in [7, 11) is 1.73. The third-order valence-corrected chi connectivity index (χ3v) is 3.33. The molecule has 1 N–H and O–H groups in total. The van der Waals surface area contributed by atoms with Gasteiger partial charge in [0, 0.05) is 16.1 Å². The summed E-state index contributed by atoms with van der Waals surface area (Å²) in [5.74, 6) is 0.952. The predicted octanol–water partition coefficient (Wildman–Crippen LogP) is 4.54. The fourth-order valence-electron chi connectivity index (χ4n) is 2.13. The van der Waals surface area contributed by atoms with Gasteiger partial charge in [-0.3, -0.25) is 0 Å². The molecule has 0 aliphatic rings. The van der Waals surface area contributed by atoms with Crippen LogP contribution >= 0.6 is 15.9 Å². The standard InChI is InChI=1S/C15H24BrNO/c1-6-17-13(10-15(2,3)4)12-9-11(16)7-8-14(12)18-5/h7-9,13,17H,6,10H2,1-5H3. The summed E-state index contributed by atoms with van der Waals surface area (Å²) < 4.78 is 6.57. The topological polar surface area (TPSA) is 21.3 Å². The maximum atomic E-state index is 5.48. The SMILES string of the molecule is CCNC(CC(C)(C)C)c1cc(Br)ccc1OC. The number of rotatable bonds is 5. The molecule has 0 spiro atoms. The molecule has 102 valence electrons. The summed E-state index contributed by atoms with van der Waals surface area (Å²) in [6.45, 7) is 9.89. The highest BCUT2D eigenvalue weighted by Gasteiger charge is 2.22.